The molecule has 0 fully saturated rings. The molecular formula is C19H27IN4O2. The highest BCUT2D eigenvalue weighted by Crippen LogP contribution is 2.01. The van der Waals surface area contributed by atoms with Gasteiger partial charge in [-0.15, -0.1) is 24.0 Å². The minimum absolute atomic E-state index is 0. The normalized spacial score (nSPS) is 10.7. The molecule has 0 atom stereocenters. The van der Waals surface area contributed by atoms with Gasteiger partial charge in [0.1, 0.15) is 12.3 Å². The largest absolute Gasteiger partial charge is 0.467 e. The standard InChI is InChI=1S/C19H26N4O2.HI/c1-2-20-19(21-12-6-10-16-8-4-3-5-9-16)23-15-18(24)22-14-17-11-7-13-25-17;/h3-5,7-9,11,13H,2,6,10,12,14-15H2,1H3,(H,22,24)(H2,20,21,23);1H. The molecule has 0 aliphatic rings. The van der Waals surface area contributed by atoms with Crippen LogP contribution in [0.5, 0.6) is 0 Å². The van der Waals surface area contributed by atoms with Crippen molar-refractivity contribution in [3.63, 3.8) is 0 Å². The second-order valence-electron chi connectivity index (χ2n) is 5.57. The van der Waals surface area contributed by atoms with Crippen LogP contribution < -0.4 is 16.0 Å². The fourth-order valence-corrected chi connectivity index (χ4v) is 2.29. The quantitative estimate of drug-likeness (QED) is 0.228. The van der Waals surface area contributed by atoms with Gasteiger partial charge in [-0.05, 0) is 37.5 Å². The number of nitrogens with one attached hydrogen (secondary N) is 3. The van der Waals surface area contributed by atoms with Crippen molar-refractivity contribution in [3.8, 4) is 0 Å². The zero-order valence-electron chi connectivity index (χ0n) is 15.0. The van der Waals surface area contributed by atoms with Crippen LogP contribution in [0.4, 0.5) is 0 Å². The van der Waals surface area contributed by atoms with Crippen molar-refractivity contribution in [1.29, 1.82) is 0 Å². The number of carbonyl (C=O) groups excluding carboxylic acids is 1. The highest BCUT2D eigenvalue weighted by atomic mass is 127. The predicted molar refractivity (Wildman–Crippen MR) is 115 cm³/mol. The number of benzene rings is 1. The molecule has 2 aromatic rings. The van der Waals surface area contributed by atoms with Crippen molar-refractivity contribution in [1.82, 2.24) is 16.0 Å². The highest BCUT2D eigenvalue weighted by molar-refractivity contribution is 14.0. The Balaban J connectivity index is 0.00000338. The van der Waals surface area contributed by atoms with E-state index in [0.717, 1.165) is 31.7 Å². The number of amides is 1. The van der Waals surface area contributed by atoms with Crippen LogP contribution in [0.25, 0.3) is 0 Å². The van der Waals surface area contributed by atoms with E-state index in [-0.39, 0.29) is 36.4 Å². The van der Waals surface area contributed by atoms with E-state index >= 15 is 0 Å². The lowest BCUT2D eigenvalue weighted by atomic mass is 10.1. The molecule has 3 N–H and O–H groups in total. The molecule has 1 aromatic heterocycles. The third-order valence-corrected chi connectivity index (χ3v) is 3.54. The van der Waals surface area contributed by atoms with Gasteiger partial charge in [0.05, 0.1) is 12.8 Å². The minimum atomic E-state index is -0.141. The van der Waals surface area contributed by atoms with E-state index in [2.05, 4.69) is 45.2 Å². The number of carbonyl (C=O) groups is 1. The summed E-state index contributed by atoms with van der Waals surface area (Å²) in [6.45, 7) is 4.00. The molecule has 1 aromatic carbocycles. The fourth-order valence-electron chi connectivity index (χ4n) is 2.29. The predicted octanol–water partition coefficient (Wildman–Crippen LogP) is 2.70. The van der Waals surface area contributed by atoms with Gasteiger partial charge in [0.2, 0.25) is 5.91 Å². The zero-order chi connectivity index (χ0) is 17.7. The second kappa shape index (κ2) is 13.2. The number of hydrogen-bond donors (Lipinski definition) is 3. The number of nitrogens with zero attached hydrogens (tertiary/aromatic N) is 1. The molecule has 1 heterocycles. The third kappa shape index (κ3) is 8.89. The topological polar surface area (TPSA) is 78.7 Å². The van der Waals surface area contributed by atoms with Crippen LogP contribution in [0.1, 0.15) is 24.7 Å². The summed E-state index contributed by atoms with van der Waals surface area (Å²) in [5.74, 6) is 1.24. The molecule has 0 aliphatic heterocycles. The van der Waals surface area contributed by atoms with E-state index < -0.39 is 0 Å². The Labute approximate surface area is 171 Å². The molecule has 0 spiro atoms. The van der Waals surface area contributed by atoms with Gasteiger partial charge in [-0.25, -0.2) is 4.99 Å². The van der Waals surface area contributed by atoms with Gasteiger partial charge in [0.25, 0.3) is 0 Å². The average molecular weight is 470 g/mol. The molecule has 142 valence electrons. The Morgan fingerprint density at radius 2 is 1.88 bits per heavy atom. The van der Waals surface area contributed by atoms with Gasteiger partial charge in [-0.2, -0.15) is 0 Å². The lowest BCUT2D eigenvalue weighted by Gasteiger charge is -2.11. The van der Waals surface area contributed by atoms with Crippen molar-refractivity contribution in [3.05, 3.63) is 60.1 Å². The summed E-state index contributed by atoms with van der Waals surface area (Å²) in [6.07, 6.45) is 3.60. The first-order chi connectivity index (χ1) is 12.3. The van der Waals surface area contributed by atoms with Crippen LogP contribution in [-0.2, 0) is 17.8 Å². The van der Waals surface area contributed by atoms with Crippen molar-refractivity contribution in [2.75, 3.05) is 19.6 Å². The maximum absolute atomic E-state index is 11.8. The summed E-state index contributed by atoms with van der Waals surface area (Å²) in [5.41, 5.74) is 1.32. The molecule has 2 rings (SSSR count). The van der Waals surface area contributed by atoms with Crippen LogP contribution in [-0.4, -0.2) is 31.5 Å². The van der Waals surface area contributed by atoms with Gasteiger partial charge >= 0.3 is 0 Å². The summed E-state index contributed by atoms with van der Waals surface area (Å²) in [4.78, 5) is 16.2. The molecule has 26 heavy (non-hydrogen) atoms. The molecule has 0 saturated heterocycles. The minimum Gasteiger partial charge on any atom is -0.467 e. The van der Waals surface area contributed by atoms with Crippen molar-refractivity contribution < 1.29 is 9.21 Å². The van der Waals surface area contributed by atoms with E-state index in [9.17, 15) is 4.79 Å². The Morgan fingerprint density at radius 3 is 2.58 bits per heavy atom. The SMILES string of the molecule is CCNC(=NCC(=O)NCc1ccco1)NCCCc1ccccc1.I. The summed E-state index contributed by atoms with van der Waals surface area (Å²) >= 11 is 0. The van der Waals surface area contributed by atoms with Crippen molar-refractivity contribution >= 4 is 35.8 Å². The summed E-state index contributed by atoms with van der Waals surface area (Å²) in [6, 6.07) is 14.0. The molecule has 0 radical (unpaired) electrons. The molecule has 6 nitrogen and oxygen atoms in total. The Kier molecular flexibility index (Phi) is 11.2. The number of aryl methyl sites for hydroxylation is 1. The first kappa shape index (κ1) is 22.0. The lowest BCUT2D eigenvalue weighted by Crippen LogP contribution is -2.39. The van der Waals surface area contributed by atoms with E-state index in [4.69, 9.17) is 4.42 Å². The summed E-state index contributed by atoms with van der Waals surface area (Å²) < 4.78 is 5.17. The maximum atomic E-state index is 11.8. The number of furan rings is 1. The molecule has 0 unspecified atom stereocenters. The molecule has 0 aliphatic carbocycles. The van der Waals surface area contributed by atoms with Gasteiger partial charge in [0.15, 0.2) is 5.96 Å². The van der Waals surface area contributed by atoms with Crippen LogP contribution in [0, 0.1) is 0 Å². The fraction of sp³-hybridized carbons (Fsp3) is 0.368. The molecular weight excluding hydrogens is 443 g/mol. The first-order valence-electron chi connectivity index (χ1n) is 8.63. The Bertz CT molecular complexity index is 645. The monoisotopic (exact) mass is 470 g/mol. The number of hydrogen-bond acceptors (Lipinski definition) is 3. The lowest BCUT2D eigenvalue weighted by molar-refractivity contribution is -0.119. The molecule has 1 amide bonds. The van der Waals surface area contributed by atoms with Crippen LogP contribution in [0.2, 0.25) is 0 Å². The Morgan fingerprint density at radius 1 is 1.08 bits per heavy atom. The van der Waals surface area contributed by atoms with E-state index in [1.54, 1.807) is 12.3 Å². The molecule has 0 saturated carbocycles. The number of rotatable bonds is 9. The average Bonchev–Trinajstić information content (AvgIpc) is 3.16. The summed E-state index contributed by atoms with van der Waals surface area (Å²) in [7, 11) is 0. The van der Waals surface area contributed by atoms with Crippen molar-refractivity contribution in [2.45, 2.75) is 26.3 Å². The second-order valence-corrected chi connectivity index (χ2v) is 5.57. The van der Waals surface area contributed by atoms with E-state index in [0.29, 0.717) is 12.5 Å². The van der Waals surface area contributed by atoms with Gasteiger partial charge in [-0.1, -0.05) is 30.3 Å². The maximum Gasteiger partial charge on any atom is 0.242 e. The number of aliphatic imine (C=N–C) groups is 1. The first-order valence-corrected chi connectivity index (χ1v) is 8.63. The van der Waals surface area contributed by atoms with Crippen LogP contribution in [0.15, 0.2) is 58.1 Å². The van der Waals surface area contributed by atoms with Gasteiger partial charge < -0.3 is 20.4 Å². The number of halogens is 1. The number of guanidine groups is 1. The molecule has 0 bridgehead atoms. The van der Waals surface area contributed by atoms with Gasteiger partial charge in [-0.3, -0.25) is 4.79 Å². The van der Waals surface area contributed by atoms with E-state index in [1.807, 2.05) is 19.1 Å². The third-order valence-electron chi connectivity index (χ3n) is 3.54. The van der Waals surface area contributed by atoms with E-state index in [1.165, 1.54) is 5.56 Å². The smallest absolute Gasteiger partial charge is 0.242 e. The Hall–Kier alpha value is -2.03. The van der Waals surface area contributed by atoms with Crippen molar-refractivity contribution in [2.24, 2.45) is 4.99 Å². The summed E-state index contributed by atoms with van der Waals surface area (Å²) in [5, 5.41) is 9.18. The van der Waals surface area contributed by atoms with Crippen LogP contribution >= 0.6 is 24.0 Å². The molecule has 7 heteroatoms. The zero-order valence-corrected chi connectivity index (χ0v) is 17.4. The highest BCUT2D eigenvalue weighted by Gasteiger charge is 2.03. The van der Waals surface area contributed by atoms with Crippen LogP contribution in [0.3, 0.4) is 0 Å². The van der Waals surface area contributed by atoms with Gasteiger partial charge in [0, 0.05) is 13.1 Å².